The fourth-order valence-corrected chi connectivity index (χ4v) is 6.26. The minimum absolute atomic E-state index is 0.493. The van der Waals surface area contributed by atoms with E-state index in [9.17, 15) is 0 Å². The summed E-state index contributed by atoms with van der Waals surface area (Å²) in [5, 5.41) is 0. The molecule has 10 heavy (non-hydrogen) atoms. The molecule has 0 bridgehead atoms. The molecular formula is C6H15LiS2Si. The van der Waals surface area contributed by atoms with E-state index < -0.39 is 8.07 Å². The minimum atomic E-state index is -0.985. The van der Waals surface area contributed by atoms with Crippen LogP contribution in [0.4, 0.5) is 0 Å². The van der Waals surface area contributed by atoms with Crippen LogP contribution in [0.5, 0.6) is 0 Å². The molecule has 0 aliphatic heterocycles. The first kappa shape index (κ1) is 11.5. The monoisotopic (exact) mass is 186 g/mol. The molecular weight excluding hydrogens is 171 g/mol. The van der Waals surface area contributed by atoms with Crippen molar-refractivity contribution in [1.29, 1.82) is 0 Å². The van der Waals surface area contributed by atoms with E-state index in [4.69, 9.17) is 0 Å². The van der Waals surface area contributed by atoms with Gasteiger partial charge in [-0.25, -0.2) is 0 Å². The number of thioether (sulfide) groups is 2. The topological polar surface area (TPSA) is 0 Å². The molecule has 0 heterocycles. The normalized spacial score (nSPS) is 13.9. The summed E-state index contributed by atoms with van der Waals surface area (Å²) in [4.78, 5) is 0. The Morgan fingerprint density at radius 1 is 1.10 bits per heavy atom. The van der Waals surface area contributed by atoms with Crippen LogP contribution in [0.2, 0.25) is 19.6 Å². The third-order valence-corrected chi connectivity index (χ3v) is 12.3. The van der Waals surface area contributed by atoms with Crippen LogP contribution in [-0.4, -0.2) is 40.7 Å². The Morgan fingerprint density at radius 3 is 1.40 bits per heavy atom. The van der Waals surface area contributed by atoms with Gasteiger partial charge in [-0.2, -0.15) is 0 Å². The molecule has 0 aliphatic carbocycles. The average molecular weight is 186 g/mol. The van der Waals surface area contributed by atoms with Crippen molar-refractivity contribution in [3.05, 3.63) is 0 Å². The van der Waals surface area contributed by atoms with Crippen molar-refractivity contribution in [3.8, 4) is 0 Å². The molecule has 0 unspecified atom stereocenters. The van der Waals surface area contributed by atoms with Gasteiger partial charge < -0.3 is 0 Å². The maximum absolute atomic E-state index is 2.43. The molecule has 4 heteroatoms. The molecule has 0 nitrogen and oxygen atoms in total. The van der Waals surface area contributed by atoms with E-state index in [1.54, 1.807) is 0 Å². The summed E-state index contributed by atoms with van der Waals surface area (Å²) in [5.74, 6) is 0. The van der Waals surface area contributed by atoms with Crippen LogP contribution < -0.4 is 0 Å². The zero-order valence-electron chi connectivity index (χ0n) is 7.82. The van der Waals surface area contributed by atoms with Crippen molar-refractivity contribution in [2.45, 2.75) is 22.0 Å². The van der Waals surface area contributed by atoms with E-state index in [1.807, 2.05) is 23.5 Å². The summed E-state index contributed by atoms with van der Waals surface area (Å²) in [6.45, 7) is 7.29. The van der Waals surface area contributed by atoms with Gasteiger partial charge in [-0.15, -0.1) is 0 Å². The molecule has 0 rings (SSSR count). The fourth-order valence-electron chi connectivity index (χ4n) is 0.696. The van der Waals surface area contributed by atoms with Crippen LogP contribution in [0.25, 0.3) is 0 Å². The molecule has 0 aromatic heterocycles. The SMILES string of the molecule is [Li][C](SC)(SC)[Si](C)(C)C. The summed E-state index contributed by atoms with van der Waals surface area (Å²) >= 11 is 6.38. The molecule has 0 radical (unpaired) electrons. The van der Waals surface area contributed by atoms with Crippen LogP contribution in [0.15, 0.2) is 0 Å². The fraction of sp³-hybridized carbons (Fsp3) is 1.00. The summed E-state index contributed by atoms with van der Waals surface area (Å²) in [6.07, 6.45) is 4.43. The van der Waals surface area contributed by atoms with Gasteiger partial charge in [-0.05, 0) is 0 Å². The van der Waals surface area contributed by atoms with E-state index in [0.29, 0.717) is 2.38 Å². The van der Waals surface area contributed by atoms with Crippen molar-refractivity contribution in [3.63, 3.8) is 0 Å². The first-order valence-corrected chi connectivity index (χ1v) is 9.42. The standard InChI is InChI=1S/C6H15S2Si.Li/c1-7-6(8-2)9(3,4)5;/h1-5H3;. The molecule has 0 aliphatic rings. The van der Waals surface area contributed by atoms with Gasteiger partial charge >= 0.3 is 83.8 Å². The molecule has 0 atom stereocenters. The Bertz CT molecular complexity index is 107. The van der Waals surface area contributed by atoms with Gasteiger partial charge in [-0.3, -0.25) is 0 Å². The molecule has 56 valence electrons. The second kappa shape index (κ2) is 3.95. The molecule has 0 saturated carbocycles. The van der Waals surface area contributed by atoms with E-state index in [1.165, 1.54) is 0 Å². The van der Waals surface area contributed by atoms with Crippen molar-refractivity contribution in [1.82, 2.24) is 0 Å². The average Bonchev–Trinajstić information content (AvgIpc) is 1.84. The summed E-state index contributed by atoms with van der Waals surface area (Å²) in [7, 11) is -0.985. The van der Waals surface area contributed by atoms with Gasteiger partial charge in [0.2, 0.25) is 0 Å². The molecule has 0 spiro atoms. The molecule has 0 N–H and O–H groups in total. The van der Waals surface area contributed by atoms with Gasteiger partial charge in [0, 0.05) is 0 Å². The van der Waals surface area contributed by atoms with Crippen LogP contribution in [-0.2, 0) is 0 Å². The maximum atomic E-state index is 2.43. The number of rotatable bonds is 3. The Labute approximate surface area is 83.5 Å². The third-order valence-electron chi connectivity index (χ3n) is 2.14. The molecule has 0 saturated heterocycles. The second-order valence-corrected chi connectivity index (χ2v) is 12.5. The predicted molar refractivity (Wildman–Crippen MR) is 58.9 cm³/mol. The van der Waals surface area contributed by atoms with Crippen molar-refractivity contribution < 1.29 is 0 Å². The Kier molecular flexibility index (Phi) is 4.55. The van der Waals surface area contributed by atoms with Gasteiger partial charge in [0.15, 0.2) is 0 Å². The summed E-state index contributed by atoms with van der Waals surface area (Å²) in [5.41, 5.74) is 0. The zero-order chi connectivity index (χ0) is 8.41. The predicted octanol–water partition coefficient (Wildman–Crippen LogP) is 2.41. The zero-order valence-corrected chi connectivity index (χ0v) is 10.4. The van der Waals surface area contributed by atoms with Gasteiger partial charge in [0.1, 0.15) is 0 Å². The van der Waals surface area contributed by atoms with E-state index in [2.05, 4.69) is 49.9 Å². The van der Waals surface area contributed by atoms with Gasteiger partial charge in [0.25, 0.3) is 0 Å². The van der Waals surface area contributed by atoms with Crippen molar-refractivity contribution in [2.24, 2.45) is 0 Å². The first-order valence-electron chi connectivity index (χ1n) is 3.47. The van der Waals surface area contributed by atoms with Crippen molar-refractivity contribution in [2.75, 3.05) is 12.5 Å². The quantitative estimate of drug-likeness (QED) is 0.490. The van der Waals surface area contributed by atoms with Crippen molar-refractivity contribution >= 4 is 49.3 Å². The number of hydrogen-bond acceptors (Lipinski definition) is 2. The molecule has 0 aromatic carbocycles. The van der Waals surface area contributed by atoms with E-state index in [-0.39, 0.29) is 0 Å². The first-order chi connectivity index (χ1) is 4.37. The summed E-state index contributed by atoms with van der Waals surface area (Å²) in [6, 6.07) is 0. The van der Waals surface area contributed by atoms with Gasteiger partial charge in [-0.1, -0.05) is 0 Å². The number of hydrogen-bond donors (Lipinski definition) is 0. The molecule has 0 aromatic rings. The van der Waals surface area contributed by atoms with Crippen LogP contribution >= 0.6 is 23.5 Å². The molecule has 0 amide bonds. The molecule has 0 fully saturated rings. The van der Waals surface area contributed by atoms with Crippen LogP contribution in [0.1, 0.15) is 0 Å². The van der Waals surface area contributed by atoms with Crippen LogP contribution in [0, 0.1) is 0 Å². The second-order valence-electron chi connectivity index (χ2n) is 3.60. The summed E-state index contributed by atoms with van der Waals surface area (Å²) < 4.78 is 0.493. The van der Waals surface area contributed by atoms with E-state index in [0.717, 1.165) is 0 Å². The third kappa shape index (κ3) is 2.53. The van der Waals surface area contributed by atoms with Gasteiger partial charge in [0.05, 0.1) is 0 Å². The Hall–Kier alpha value is 1.51. The van der Waals surface area contributed by atoms with Crippen LogP contribution in [0.3, 0.4) is 0 Å². The Balaban J connectivity index is 4.33. The van der Waals surface area contributed by atoms with E-state index >= 15 is 0 Å². The Morgan fingerprint density at radius 2 is 1.40 bits per heavy atom.